The van der Waals surface area contributed by atoms with E-state index in [1.807, 2.05) is 12.1 Å². The average molecular weight is 292 g/mol. The number of nitrogens with one attached hydrogen (secondary N) is 2. The van der Waals surface area contributed by atoms with E-state index in [0.717, 1.165) is 18.7 Å². The molecule has 1 aromatic carbocycles. The number of carbonyl (C=O) groups excluding carboxylic acids is 1. The largest absolute Gasteiger partial charge is 0.497 e. The van der Waals surface area contributed by atoms with Crippen LogP contribution < -0.4 is 15.4 Å². The van der Waals surface area contributed by atoms with E-state index in [4.69, 9.17) is 9.47 Å². The Morgan fingerprint density at radius 2 is 2.24 bits per heavy atom. The minimum Gasteiger partial charge on any atom is -0.497 e. The highest BCUT2D eigenvalue weighted by molar-refractivity contribution is 5.81. The van der Waals surface area contributed by atoms with E-state index in [1.54, 1.807) is 7.11 Å². The molecule has 2 N–H and O–H groups in total. The molecule has 1 amide bonds. The smallest absolute Gasteiger partial charge is 0.250 e. The van der Waals surface area contributed by atoms with Crippen LogP contribution in [0.15, 0.2) is 24.3 Å². The number of benzene rings is 1. The lowest BCUT2D eigenvalue weighted by atomic mass is 9.98. The molecule has 0 aliphatic carbocycles. The zero-order valence-corrected chi connectivity index (χ0v) is 12.7. The molecule has 0 saturated carbocycles. The molecular formula is C16H24N2O3. The molecule has 1 heterocycles. The summed E-state index contributed by atoms with van der Waals surface area (Å²) in [4.78, 5) is 11.9. The van der Waals surface area contributed by atoms with E-state index in [-0.39, 0.29) is 12.0 Å². The fraction of sp³-hybridized carbons (Fsp3) is 0.562. The summed E-state index contributed by atoms with van der Waals surface area (Å²) in [6.07, 6.45) is 0.549. The molecule has 116 valence electrons. The predicted octanol–water partition coefficient (Wildman–Crippen LogP) is 1.29. The molecule has 0 spiro atoms. The van der Waals surface area contributed by atoms with E-state index < -0.39 is 0 Å². The summed E-state index contributed by atoms with van der Waals surface area (Å²) in [6, 6.07) is 8.07. The molecule has 1 aromatic rings. The second-order valence-electron chi connectivity index (χ2n) is 5.32. The van der Waals surface area contributed by atoms with Crippen molar-refractivity contribution in [2.75, 3.05) is 33.4 Å². The van der Waals surface area contributed by atoms with Crippen LogP contribution >= 0.6 is 0 Å². The highest BCUT2D eigenvalue weighted by Crippen LogP contribution is 2.21. The standard InChI is InChI=1S/C16H24N2O3/c1-12(13-3-5-14(20-2)6-4-13)7-8-18-16(19)15-11-17-9-10-21-15/h3-6,12,15,17H,7-11H2,1-2H3,(H,18,19). The van der Waals surface area contributed by atoms with E-state index in [0.29, 0.717) is 25.6 Å². The van der Waals surface area contributed by atoms with Gasteiger partial charge in [-0.2, -0.15) is 0 Å². The Balaban J connectivity index is 1.72. The van der Waals surface area contributed by atoms with E-state index in [2.05, 4.69) is 29.7 Å². The van der Waals surface area contributed by atoms with Crippen LogP contribution in [0.3, 0.4) is 0 Å². The van der Waals surface area contributed by atoms with Crippen LogP contribution in [0.2, 0.25) is 0 Å². The number of carbonyl (C=O) groups is 1. The number of methoxy groups -OCH3 is 1. The number of rotatable bonds is 6. The summed E-state index contributed by atoms with van der Waals surface area (Å²) in [5.74, 6) is 1.23. The summed E-state index contributed by atoms with van der Waals surface area (Å²) in [7, 11) is 1.66. The Kier molecular flexibility index (Phi) is 6.02. The number of ether oxygens (including phenoxy) is 2. The summed E-state index contributed by atoms with van der Waals surface area (Å²) >= 11 is 0. The van der Waals surface area contributed by atoms with Crippen LogP contribution in [0, 0.1) is 0 Å². The first-order valence-electron chi connectivity index (χ1n) is 7.44. The minimum atomic E-state index is -0.352. The van der Waals surface area contributed by atoms with Crippen molar-refractivity contribution >= 4 is 5.91 Å². The predicted molar refractivity (Wildman–Crippen MR) is 81.6 cm³/mol. The van der Waals surface area contributed by atoms with Gasteiger partial charge in [0, 0.05) is 19.6 Å². The van der Waals surface area contributed by atoms with Crippen LogP contribution in [0.25, 0.3) is 0 Å². The van der Waals surface area contributed by atoms with Crippen molar-refractivity contribution in [3.63, 3.8) is 0 Å². The van der Waals surface area contributed by atoms with Crippen molar-refractivity contribution in [1.29, 1.82) is 0 Å². The zero-order chi connectivity index (χ0) is 15.1. The Bertz CT molecular complexity index is 441. The first-order chi connectivity index (χ1) is 10.2. The fourth-order valence-electron chi connectivity index (χ4n) is 2.36. The Morgan fingerprint density at radius 3 is 2.86 bits per heavy atom. The maximum absolute atomic E-state index is 11.9. The van der Waals surface area contributed by atoms with Gasteiger partial charge in [-0.3, -0.25) is 4.79 Å². The Morgan fingerprint density at radius 1 is 1.48 bits per heavy atom. The molecule has 21 heavy (non-hydrogen) atoms. The fourth-order valence-corrected chi connectivity index (χ4v) is 2.36. The number of amides is 1. The Hall–Kier alpha value is -1.59. The third-order valence-electron chi connectivity index (χ3n) is 3.78. The van der Waals surface area contributed by atoms with Crippen molar-refractivity contribution in [1.82, 2.24) is 10.6 Å². The summed E-state index contributed by atoms with van der Waals surface area (Å²) in [6.45, 7) is 4.83. The van der Waals surface area contributed by atoms with Gasteiger partial charge >= 0.3 is 0 Å². The molecule has 1 aliphatic heterocycles. The first kappa shape index (κ1) is 15.8. The molecule has 5 nitrogen and oxygen atoms in total. The van der Waals surface area contributed by atoms with Gasteiger partial charge in [0.25, 0.3) is 0 Å². The van der Waals surface area contributed by atoms with Crippen LogP contribution in [0.4, 0.5) is 0 Å². The van der Waals surface area contributed by atoms with Crippen LogP contribution in [0.1, 0.15) is 24.8 Å². The normalized spacial score (nSPS) is 19.8. The first-order valence-corrected chi connectivity index (χ1v) is 7.44. The zero-order valence-electron chi connectivity index (χ0n) is 12.7. The molecule has 1 aliphatic rings. The van der Waals surface area contributed by atoms with Crippen LogP contribution in [0.5, 0.6) is 5.75 Å². The average Bonchev–Trinajstić information content (AvgIpc) is 2.55. The van der Waals surface area contributed by atoms with E-state index in [9.17, 15) is 4.79 Å². The van der Waals surface area contributed by atoms with Gasteiger partial charge in [0.1, 0.15) is 11.9 Å². The van der Waals surface area contributed by atoms with Crippen molar-refractivity contribution in [3.8, 4) is 5.75 Å². The summed E-state index contributed by atoms with van der Waals surface area (Å²) in [5, 5.41) is 6.10. The third-order valence-corrected chi connectivity index (χ3v) is 3.78. The molecule has 0 aromatic heterocycles. The van der Waals surface area contributed by atoms with Crippen LogP contribution in [-0.4, -0.2) is 45.4 Å². The SMILES string of the molecule is COc1ccc(C(C)CCNC(=O)C2CNCCO2)cc1. The minimum absolute atomic E-state index is 0.0240. The lowest BCUT2D eigenvalue weighted by Gasteiger charge is -2.23. The lowest BCUT2D eigenvalue weighted by Crippen LogP contribution is -2.48. The molecule has 0 bridgehead atoms. The topological polar surface area (TPSA) is 59.6 Å². The molecule has 1 saturated heterocycles. The Labute approximate surface area is 126 Å². The molecule has 2 unspecified atom stereocenters. The van der Waals surface area contributed by atoms with E-state index >= 15 is 0 Å². The van der Waals surface area contributed by atoms with Gasteiger partial charge in [-0.1, -0.05) is 19.1 Å². The van der Waals surface area contributed by atoms with Gasteiger partial charge in [0.2, 0.25) is 5.91 Å². The van der Waals surface area contributed by atoms with Crippen molar-refractivity contribution < 1.29 is 14.3 Å². The quantitative estimate of drug-likeness (QED) is 0.829. The van der Waals surface area contributed by atoms with Gasteiger partial charge in [-0.05, 0) is 30.0 Å². The summed E-state index contributed by atoms with van der Waals surface area (Å²) < 4.78 is 10.6. The van der Waals surface area contributed by atoms with Gasteiger partial charge in [0.15, 0.2) is 0 Å². The van der Waals surface area contributed by atoms with E-state index in [1.165, 1.54) is 5.56 Å². The highest BCUT2D eigenvalue weighted by Gasteiger charge is 2.21. The van der Waals surface area contributed by atoms with Crippen molar-refractivity contribution in [2.45, 2.75) is 25.4 Å². The van der Waals surface area contributed by atoms with Gasteiger partial charge < -0.3 is 20.1 Å². The van der Waals surface area contributed by atoms with Crippen molar-refractivity contribution in [2.24, 2.45) is 0 Å². The van der Waals surface area contributed by atoms with Gasteiger partial charge in [-0.25, -0.2) is 0 Å². The molecule has 0 radical (unpaired) electrons. The number of hydrogen-bond acceptors (Lipinski definition) is 4. The highest BCUT2D eigenvalue weighted by atomic mass is 16.5. The number of morpholine rings is 1. The maximum Gasteiger partial charge on any atom is 0.250 e. The third kappa shape index (κ3) is 4.72. The lowest BCUT2D eigenvalue weighted by molar-refractivity contribution is -0.134. The second kappa shape index (κ2) is 8.00. The molecule has 5 heteroatoms. The summed E-state index contributed by atoms with van der Waals surface area (Å²) in [5.41, 5.74) is 1.25. The molecule has 1 fully saturated rings. The number of hydrogen-bond donors (Lipinski definition) is 2. The van der Waals surface area contributed by atoms with Gasteiger partial charge in [0.05, 0.1) is 13.7 Å². The second-order valence-corrected chi connectivity index (χ2v) is 5.32. The van der Waals surface area contributed by atoms with Crippen LogP contribution in [-0.2, 0) is 9.53 Å². The molecule has 2 rings (SSSR count). The van der Waals surface area contributed by atoms with Crippen molar-refractivity contribution in [3.05, 3.63) is 29.8 Å². The maximum atomic E-state index is 11.9. The molecular weight excluding hydrogens is 268 g/mol. The van der Waals surface area contributed by atoms with Gasteiger partial charge in [-0.15, -0.1) is 0 Å². The monoisotopic (exact) mass is 292 g/mol. The molecule has 2 atom stereocenters.